The van der Waals surface area contributed by atoms with Gasteiger partial charge in [-0.2, -0.15) is 0 Å². The highest BCUT2D eigenvalue weighted by atomic mass is 16.3. The molecule has 0 heterocycles. The van der Waals surface area contributed by atoms with E-state index in [2.05, 4.69) is 5.32 Å². The number of carbonyl (C=O) groups excluding carboxylic acids is 1. The molecule has 0 aromatic heterocycles. The van der Waals surface area contributed by atoms with Gasteiger partial charge in [0.25, 0.3) is 5.91 Å². The first-order valence-electron chi connectivity index (χ1n) is 6.27. The third-order valence-corrected chi connectivity index (χ3v) is 2.96. The van der Waals surface area contributed by atoms with Crippen molar-refractivity contribution >= 4 is 5.91 Å². The van der Waals surface area contributed by atoms with Crippen LogP contribution in [0.15, 0.2) is 60.7 Å². The first kappa shape index (κ1) is 13.3. The van der Waals surface area contributed by atoms with Gasteiger partial charge in [0, 0.05) is 5.56 Å². The molecule has 0 fully saturated rings. The van der Waals surface area contributed by atoms with E-state index in [0.29, 0.717) is 5.56 Å². The van der Waals surface area contributed by atoms with E-state index < -0.39 is 12.1 Å². The summed E-state index contributed by atoms with van der Waals surface area (Å²) in [5.74, 6) is -0.185. The van der Waals surface area contributed by atoms with Crippen LogP contribution in [0, 0.1) is 0 Å². The molecule has 0 saturated carbocycles. The standard InChI is InChI=1S/C16H17NO2/c1-12(18)15(13-8-4-2-5-9-13)17-16(19)14-10-6-3-7-11-14/h2-12,15,18H,1H3,(H,17,19)/t12-,15+/m0/s1. The van der Waals surface area contributed by atoms with E-state index in [1.54, 1.807) is 19.1 Å². The lowest BCUT2D eigenvalue weighted by atomic mass is 10.0. The first-order chi connectivity index (χ1) is 9.18. The number of aliphatic hydroxyl groups excluding tert-OH is 1. The van der Waals surface area contributed by atoms with Crippen LogP contribution in [0.4, 0.5) is 0 Å². The Balaban J connectivity index is 2.17. The maximum absolute atomic E-state index is 12.1. The molecule has 0 unspecified atom stereocenters. The first-order valence-corrected chi connectivity index (χ1v) is 6.27. The molecule has 0 bridgehead atoms. The largest absolute Gasteiger partial charge is 0.391 e. The Labute approximate surface area is 112 Å². The lowest BCUT2D eigenvalue weighted by Crippen LogP contribution is -2.34. The lowest BCUT2D eigenvalue weighted by Gasteiger charge is -2.22. The second-order valence-corrected chi connectivity index (χ2v) is 4.47. The van der Waals surface area contributed by atoms with Crippen LogP contribution >= 0.6 is 0 Å². The molecule has 2 rings (SSSR count). The number of benzene rings is 2. The molecular formula is C16H17NO2. The quantitative estimate of drug-likeness (QED) is 0.882. The smallest absolute Gasteiger partial charge is 0.251 e. The van der Waals surface area contributed by atoms with Gasteiger partial charge in [-0.05, 0) is 24.6 Å². The zero-order valence-electron chi connectivity index (χ0n) is 10.8. The van der Waals surface area contributed by atoms with E-state index in [4.69, 9.17) is 0 Å². The molecule has 2 N–H and O–H groups in total. The molecular weight excluding hydrogens is 238 g/mol. The second-order valence-electron chi connectivity index (χ2n) is 4.47. The summed E-state index contributed by atoms with van der Waals surface area (Å²) >= 11 is 0. The van der Waals surface area contributed by atoms with Crippen LogP contribution in [0.2, 0.25) is 0 Å². The topological polar surface area (TPSA) is 49.3 Å². The Morgan fingerprint density at radius 3 is 2.05 bits per heavy atom. The van der Waals surface area contributed by atoms with Crippen LogP contribution in [0.3, 0.4) is 0 Å². The van der Waals surface area contributed by atoms with Crippen LogP contribution < -0.4 is 5.32 Å². The Bertz CT molecular complexity index is 523. The third-order valence-electron chi connectivity index (χ3n) is 2.96. The summed E-state index contributed by atoms with van der Waals surface area (Å²) in [5.41, 5.74) is 1.48. The van der Waals surface area contributed by atoms with Crippen molar-refractivity contribution in [1.29, 1.82) is 0 Å². The molecule has 0 aliphatic carbocycles. The van der Waals surface area contributed by atoms with E-state index in [9.17, 15) is 9.90 Å². The number of nitrogens with one attached hydrogen (secondary N) is 1. The molecule has 1 amide bonds. The molecule has 2 aromatic rings. The van der Waals surface area contributed by atoms with Gasteiger partial charge in [-0.15, -0.1) is 0 Å². The summed E-state index contributed by atoms with van der Waals surface area (Å²) < 4.78 is 0. The number of rotatable bonds is 4. The number of hydrogen-bond donors (Lipinski definition) is 2. The minimum absolute atomic E-state index is 0.185. The average molecular weight is 255 g/mol. The zero-order valence-corrected chi connectivity index (χ0v) is 10.8. The monoisotopic (exact) mass is 255 g/mol. The van der Waals surface area contributed by atoms with Crippen LogP contribution in [0.1, 0.15) is 28.9 Å². The molecule has 2 aromatic carbocycles. The van der Waals surface area contributed by atoms with Crippen LogP contribution in [-0.4, -0.2) is 17.1 Å². The van der Waals surface area contributed by atoms with E-state index in [1.165, 1.54) is 0 Å². The van der Waals surface area contributed by atoms with Crippen molar-refractivity contribution in [2.75, 3.05) is 0 Å². The zero-order chi connectivity index (χ0) is 13.7. The fraction of sp³-hybridized carbons (Fsp3) is 0.188. The van der Waals surface area contributed by atoms with Crippen molar-refractivity contribution in [2.45, 2.75) is 19.1 Å². The lowest BCUT2D eigenvalue weighted by molar-refractivity contribution is 0.0858. The molecule has 0 radical (unpaired) electrons. The summed E-state index contributed by atoms with van der Waals surface area (Å²) in [7, 11) is 0. The van der Waals surface area contributed by atoms with Crippen molar-refractivity contribution in [3.63, 3.8) is 0 Å². The van der Waals surface area contributed by atoms with Crippen molar-refractivity contribution in [3.8, 4) is 0 Å². The molecule has 98 valence electrons. The number of hydrogen-bond acceptors (Lipinski definition) is 2. The van der Waals surface area contributed by atoms with Gasteiger partial charge >= 0.3 is 0 Å². The van der Waals surface area contributed by atoms with Gasteiger partial charge in [0.1, 0.15) is 0 Å². The van der Waals surface area contributed by atoms with E-state index in [1.807, 2.05) is 48.5 Å². The van der Waals surface area contributed by atoms with Gasteiger partial charge < -0.3 is 10.4 Å². The minimum Gasteiger partial charge on any atom is -0.391 e. The van der Waals surface area contributed by atoms with E-state index in [-0.39, 0.29) is 5.91 Å². The van der Waals surface area contributed by atoms with Gasteiger partial charge in [0.2, 0.25) is 0 Å². The average Bonchev–Trinajstić information content (AvgIpc) is 2.46. The fourth-order valence-corrected chi connectivity index (χ4v) is 1.96. The van der Waals surface area contributed by atoms with Gasteiger partial charge in [0.05, 0.1) is 12.1 Å². The molecule has 2 atom stereocenters. The number of aliphatic hydroxyl groups is 1. The highest BCUT2D eigenvalue weighted by Crippen LogP contribution is 2.17. The molecule has 0 aliphatic rings. The Hall–Kier alpha value is -2.13. The summed E-state index contributed by atoms with van der Waals surface area (Å²) in [6.07, 6.45) is -0.657. The summed E-state index contributed by atoms with van der Waals surface area (Å²) in [5, 5.41) is 12.7. The van der Waals surface area contributed by atoms with E-state index >= 15 is 0 Å². The molecule has 0 spiro atoms. The van der Waals surface area contributed by atoms with Crippen LogP contribution in [0.5, 0.6) is 0 Å². The summed E-state index contributed by atoms with van der Waals surface area (Å²) in [6.45, 7) is 1.67. The highest BCUT2D eigenvalue weighted by Gasteiger charge is 2.19. The highest BCUT2D eigenvalue weighted by molar-refractivity contribution is 5.94. The van der Waals surface area contributed by atoms with Gasteiger partial charge in [0.15, 0.2) is 0 Å². The van der Waals surface area contributed by atoms with Gasteiger partial charge in [-0.3, -0.25) is 4.79 Å². The Morgan fingerprint density at radius 2 is 1.53 bits per heavy atom. The van der Waals surface area contributed by atoms with Crippen molar-refractivity contribution in [1.82, 2.24) is 5.32 Å². The van der Waals surface area contributed by atoms with Crippen LogP contribution in [-0.2, 0) is 0 Å². The van der Waals surface area contributed by atoms with E-state index in [0.717, 1.165) is 5.56 Å². The molecule has 0 saturated heterocycles. The molecule has 0 aliphatic heterocycles. The van der Waals surface area contributed by atoms with Crippen molar-refractivity contribution in [3.05, 3.63) is 71.8 Å². The molecule has 19 heavy (non-hydrogen) atoms. The SMILES string of the molecule is C[C@H](O)[C@@H](NC(=O)c1ccccc1)c1ccccc1. The minimum atomic E-state index is -0.657. The Kier molecular flexibility index (Phi) is 4.31. The summed E-state index contributed by atoms with van der Waals surface area (Å²) in [6, 6.07) is 18.0. The number of amides is 1. The summed E-state index contributed by atoms with van der Waals surface area (Å²) in [4.78, 5) is 12.1. The maximum Gasteiger partial charge on any atom is 0.251 e. The molecule has 3 nitrogen and oxygen atoms in total. The Morgan fingerprint density at radius 1 is 1.00 bits per heavy atom. The van der Waals surface area contributed by atoms with Crippen molar-refractivity contribution < 1.29 is 9.90 Å². The second kappa shape index (κ2) is 6.16. The van der Waals surface area contributed by atoms with Gasteiger partial charge in [-0.25, -0.2) is 0 Å². The fourth-order valence-electron chi connectivity index (χ4n) is 1.96. The van der Waals surface area contributed by atoms with Gasteiger partial charge in [-0.1, -0.05) is 48.5 Å². The maximum atomic E-state index is 12.1. The third kappa shape index (κ3) is 3.42. The number of carbonyl (C=O) groups is 1. The predicted molar refractivity (Wildman–Crippen MR) is 74.8 cm³/mol. The van der Waals surface area contributed by atoms with Crippen LogP contribution in [0.25, 0.3) is 0 Å². The molecule has 3 heteroatoms. The van der Waals surface area contributed by atoms with Crippen molar-refractivity contribution in [2.24, 2.45) is 0 Å². The normalized spacial score (nSPS) is 13.6. The predicted octanol–water partition coefficient (Wildman–Crippen LogP) is 2.54.